The van der Waals surface area contributed by atoms with E-state index in [0.29, 0.717) is 5.02 Å². The van der Waals surface area contributed by atoms with Crippen molar-refractivity contribution in [2.75, 3.05) is 24.7 Å². The van der Waals surface area contributed by atoms with Crippen LogP contribution in [-0.2, 0) is 19.6 Å². The van der Waals surface area contributed by atoms with Crippen LogP contribution in [0.2, 0.25) is 5.02 Å². The van der Waals surface area contributed by atoms with Crippen molar-refractivity contribution in [3.63, 3.8) is 0 Å². The number of amides is 1. The summed E-state index contributed by atoms with van der Waals surface area (Å²) < 4.78 is 32.8. The van der Waals surface area contributed by atoms with Crippen molar-refractivity contribution < 1.29 is 22.7 Å². The summed E-state index contributed by atoms with van der Waals surface area (Å²) in [5.74, 6) is -1.41. The second-order valence-corrected chi connectivity index (χ2v) is 10.0. The minimum Gasteiger partial charge on any atom is -0.452 e. The van der Waals surface area contributed by atoms with Gasteiger partial charge >= 0.3 is 5.97 Å². The van der Waals surface area contributed by atoms with E-state index in [1.54, 1.807) is 19.2 Å². The van der Waals surface area contributed by atoms with E-state index in [9.17, 15) is 18.0 Å². The van der Waals surface area contributed by atoms with Crippen LogP contribution in [0.4, 0.5) is 11.4 Å². The van der Waals surface area contributed by atoms with Crippen molar-refractivity contribution in [2.24, 2.45) is 0 Å². The number of carbonyl (C=O) groups is 2. The lowest BCUT2D eigenvalue weighted by Crippen LogP contribution is -2.38. The number of hydrogen-bond donors (Lipinski definition) is 2. The Morgan fingerprint density at radius 2 is 1.84 bits per heavy atom. The number of sulfonamides is 1. The number of esters is 1. The van der Waals surface area contributed by atoms with Gasteiger partial charge in [0.15, 0.2) is 6.61 Å². The second kappa shape index (κ2) is 10.3. The van der Waals surface area contributed by atoms with Crippen LogP contribution >= 0.6 is 11.6 Å². The van der Waals surface area contributed by atoms with Crippen LogP contribution in [-0.4, -0.2) is 44.3 Å². The van der Waals surface area contributed by atoms with Crippen LogP contribution in [0.3, 0.4) is 0 Å². The number of halogens is 1. The Kier molecular flexibility index (Phi) is 7.76. The molecule has 1 aliphatic carbocycles. The number of nitrogen functional groups attached to an aromatic ring is 1. The van der Waals surface area contributed by atoms with Crippen molar-refractivity contribution in [1.29, 1.82) is 0 Å². The molecule has 3 rings (SSSR count). The first-order valence-electron chi connectivity index (χ1n) is 10.3. The quantitative estimate of drug-likeness (QED) is 0.462. The smallest absolute Gasteiger partial charge is 0.338 e. The third kappa shape index (κ3) is 5.59. The molecule has 2 aromatic carbocycles. The molecule has 0 unspecified atom stereocenters. The molecule has 10 heteroatoms. The van der Waals surface area contributed by atoms with Gasteiger partial charge in [-0.3, -0.25) is 4.79 Å². The average Bonchev–Trinajstić information content (AvgIpc) is 2.79. The molecule has 172 valence electrons. The monoisotopic (exact) mass is 479 g/mol. The van der Waals surface area contributed by atoms with Gasteiger partial charge in [0.2, 0.25) is 10.0 Å². The molecule has 0 saturated heterocycles. The van der Waals surface area contributed by atoms with Gasteiger partial charge in [0.05, 0.1) is 22.0 Å². The van der Waals surface area contributed by atoms with E-state index in [1.165, 1.54) is 34.6 Å². The van der Waals surface area contributed by atoms with Crippen LogP contribution < -0.4 is 11.1 Å². The van der Waals surface area contributed by atoms with Gasteiger partial charge in [0, 0.05) is 13.1 Å². The van der Waals surface area contributed by atoms with Gasteiger partial charge in [-0.1, -0.05) is 43.0 Å². The lowest BCUT2D eigenvalue weighted by atomic mass is 9.96. The molecule has 0 spiro atoms. The molecule has 0 aliphatic heterocycles. The topological polar surface area (TPSA) is 119 Å². The fourth-order valence-electron chi connectivity index (χ4n) is 3.66. The van der Waals surface area contributed by atoms with Crippen LogP contribution in [0.5, 0.6) is 0 Å². The third-order valence-electron chi connectivity index (χ3n) is 5.47. The number of benzene rings is 2. The van der Waals surface area contributed by atoms with Crippen LogP contribution in [0.1, 0.15) is 42.5 Å². The molecule has 0 heterocycles. The van der Waals surface area contributed by atoms with Crippen molar-refractivity contribution in [2.45, 2.75) is 43.0 Å². The lowest BCUT2D eigenvalue weighted by Gasteiger charge is -2.30. The maximum Gasteiger partial charge on any atom is 0.338 e. The zero-order chi connectivity index (χ0) is 23.3. The Hall–Kier alpha value is -2.62. The molecule has 1 saturated carbocycles. The first-order chi connectivity index (χ1) is 15.2. The molecule has 1 fully saturated rings. The van der Waals surface area contributed by atoms with Crippen molar-refractivity contribution in [3.05, 3.63) is 53.1 Å². The zero-order valence-corrected chi connectivity index (χ0v) is 19.3. The summed E-state index contributed by atoms with van der Waals surface area (Å²) in [7, 11) is -2.24. The van der Waals surface area contributed by atoms with E-state index in [1.807, 2.05) is 0 Å². The highest BCUT2D eigenvalue weighted by atomic mass is 35.5. The van der Waals surface area contributed by atoms with Crippen molar-refractivity contribution >= 4 is 44.9 Å². The van der Waals surface area contributed by atoms with Crippen molar-refractivity contribution in [1.82, 2.24) is 4.31 Å². The summed E-state index contributed by atoms with van der Waals surface area (Å²) in [6.45, 7) is -0.589. The van der Waals surface area contributed by atoms with Gasteiger partial charge in [-0.15, -0.1) is 0 Å². The number of nitrogens with one attached hydrogen (secondary N) is 1. The largest absolute Gasteiger partial charge is 0.452 e. The molecule has 2 aromatic rings. The zero-order valence-electron chi connectivity index (χ0n) is 17.7. The first kappa shape index (κ1) is 24.0. The Balaban J connectivity index is 1.68. The molecule has 0 atom stereocenters. The predicted molar refractivity (Wildman–Crippen MR) is 123 cm³/mol. The molecule has 0 aromatic heterocycles. The number of ether oxygens (including phenoxy) is 1. The highest BCUT2D eigenvalue weighted by Crippen LogP contribution is 2.29. The molecular formula is C22H26ClN3O5S. The van der Waals surface area contributed by atoms with Crippen LogP contribution in [0.15, 0.2) is 47.4 Å². The molecule has 0 bridgehead atoms. The lowest BCUT2D eigenvalue weighted by molar-refractivity contribution is -0.119. The van der Waals surface area contributed by atoms with Crippen molar-refractivity contribution in [3.8, 4) is 0 Å². The van der Waals surface area contributed by atoms with Crippen LogP contribution in [0, 0.1) is 0 Å². The standard InChI is InChI=1S/C22H26ClN3O5S/c1-26(16-7-3-2-4-8-16)32(29,30)20-10-6-5-9-19(20)25-21(27)14-31-22(28)15-11-12-17(23)18(24)13-15/h5-6,9-13,16H,2-4,7-8,14,24H2,1H3,(H,25,27). The minimum absolute atomic E-state index is 0.00164. The molecule has 1 aliphatic rings. The highest BCUT2D eigenvalue weighted by Gasteiger charge is 2.31. The third-order valence-corrected chi connectivity index (χ3v) is 7.79. The summed E-state index contributed by atoms with van der Waals surface area (Å²) >= 11 is 5.83. The van der Waals surface area contributed by atoms with Gasteiger partial charge in [-0.25, -0.2) is 13.2 Å². The molecule has 3 N–H and O–H groups in total. The second-order valence-electron chi connectivity index (χ2n) is 7.67. The number of nitrogens with zero attached hydrogens (tertiary/aromatic N) is 1. The van der Waals surface area contributed by atoms with Gasteiger partial charge in [-0.2, -0.15) is 4.31 Å². The summed E-state index contributed by atoms with van der Waals surface area (Å²) in [5, 5.41) is 2.84. The first-order valence-corrected chi connectivity index (χ1v) is 12.1. The SMILES string of the molecule is CN(C1CCCCC1)S(=O)(=O)c1ccccc1NC(=O)COC(=O)c1ccc(Cl)c(N)c1. The number of rotatable bonds is 7. The fraction of sp³-hybridized carbons (Fsp3) is 0.364. The molecule has 0 radical (unpaired) electrons. The summed E-state index contributed by atoms with van der Waals surface area (Å²) in [6, 6.07) is 10.4. The molecule has 8 nitrogen and oxygen atoms in total. The van der Waals surface area contributed by atoms with E-state index in [2.05, 4.69) is 5.32 Å². The number of carbonyl (C=O) groups excluding carboxylic acids is 2. The predicted octanol–water partition coefficient (Wildman–Crippen LogP) is 3.67. The number of para-hydroxylation sites is 1. The van der Waals surface area contributed by atoms with Gasteiger partial charge in [0.25, 0.3) is 5.91 Å². The van der Waals surface area contributed by atoms with E-state index in [-0.39, 0.29) is 27.9 Å². The van der Waals surface area contributed by atoms with E-state index in [0.717, 1.165) is 32.1 Å². The van der Waals surface area contributed by atoms with Gasteiger partial charge in [0.1, 0.15) is 4.90 Å². The number of hydrogen-bond acceptors (Lipinski definition) is 6. The minimum atomic E-state index is -3.81. The Labute approximate surface area is 192 Å². The Morgan fingerprint density at radius 1 is 1.16 bits per heavy atom. The highest BCUT2D eigenvalue weighted by molar-refractivity contribution is 7.89. The van der Waals surface area contributed by atoms with E-state index in [4.69, 9.17) is 22.1 Å². The van der Waals surface area contributed by atoms with E-state index < -0.39 is 28.5 Å². The molecule has 1 amide bonds. The summed E-state index contributed by atoms with van der Waals surface area (Å²) in [6.07, 6.45) is 4.73. The van der Waals surface area contributed by atoms with Crippen LogP contribution in [0.25, 0.3) is 0 Å². The molecular weight excluding hydrogens is 454 g/mol. The maximum absolute atomic E-state index is 13.2. The Morgan fingerprint density at radius 3 is 2.53 bits per heavy atom. The fourth-order valence-corrected chi connectivity index (χ4v) is 5.34. The normalized spacial score (nSPS) is 14.8. The maximum atomic E-state index is 13.2. The Bertz CT molecular complexity index is 1100. The van der Waals surface area contributed by atoms with Gasteiger partial charge < -0.3 is 15.8 Å². The molecule has 32 heavy (non-hydrogen) atoms. The van der Waals surface area contributed by atoms with Gasteiger partial charge in [-0.05, 0) is 43.2 Å². The number of anilines is 2. The average molecular weight is 480 g/mol. The summed E-state index contributed by atoms with van der Waals surface area (Å²) in [4.78, 5) is 24.5. The number of nitrogens with two attached hydrogens (primary N) is 1. The summed E-state index contributed by atoms with van der Waals surface area (Å²) in [5.41, 5.74) is 6.17. The van der Waals surface area contributed by atoms with E-state index >= 15 is 0 Å².